The number of rotatable bonds is 5. The van der Waals surface area contributed by atoms with Crippen LogP contribution in [-0.2, 0) is 14.3 Å². The van der Waals surface area contributed by atoms with Crippen molar-refractivity contribution in [2.24, 2.45) is 0 Å². The van der Waals surface area contributed by atoms with E-state index in [0.29, 0.717) is 16.9 Å². The van der Waals surface area contributed by atoms with Crippen molar-refractivity contribution in [2.45, 2.75) is 26.9 Å². The van der Waals surface area contributed by atoms with Crippen LogP contribution in [0.15, 0.2) is 59.3 Å². The number of para-hydroxylation sites is 1. The quantitative estimate of drug-likeness (QED) is 0.608. The highest BCUT2D eigenvalue weighted by atomic mass is 35.5. The summed E-state index contributed by atoms with van der Waals surface area (Å²) in [6.45, 7) is 5.32. The number of amides is 2. The predicted octanol–water partition coefficient (Wildman–Crippen LogP) is 4.00. The van der Waals surface area contributed by atoms with Gasteiger partial charge in [-0.25, -0.2) is 9.69 Å². The van der Waals surface area contributed by atoms with E-state index in [1.807, 2.05) is 6.07 Å². The number of imide groups is 1. The van der Waals surface area contributed by atoms with E-state index in [9.17, 15) is 14.4 Å². The largest absolute Gasteiger partial charge is 0.459 e. The highest BCUT2D eigenvalue weighted by molar-refractivity contribution is 6.53. The molecule has 0 fully saturated rings. The first kappa shape index (κ1) is 19.6. The number of hydrogen-bond donors (Lipinski definition) is 1. The van der Waals surface area contributed by atoms with Gasteiger partial charge in [-0.05, 0) is 50.6 Å². The molecule has 0 bridgehead atoms. The van der Waals surface area contributed by atoms with Gasteiger partial charge in [0.25, 0.3) is 11.8 Å². The Morgan fingerprint density at radius 2 is 1.79 bits per heavy atom. The number of esters is 1. The van der Waals surface area contributed by atoms with Crippen LogP contribution in [0.5, 0.6) is 0 Å². The van der Waals surface area contributed by atoms with Gasteiger partial charge < -0.3 is 10.1 Å². The van der Waals surface area contributed by atoms with Crippen LogP contribution in [0.3, 0.4) is 0 Å². The molecule has 1 N–H and O–H groups in total. The fourth-order valence-electron chi connectivity index (χ4n) is 2.79. The van der Waals surface area contributed by atoms with Crippen molar-refractivity contribution in [3.05, 3.63) is 70.4 Å². The highest BCUT2D eigenvalue weighted by Crippen LogP contribution is 2.31. The van der Waals surface area contributed by atoms with Gasteiger partial charge in [0.15, 0.2) is 0 Å². The average molecular weight is 399 g/mol. The van der Waals surface area contributed by atoms with Gasteiger partial charge in [0.1, 0.15) is 10.7 Å². The number of carbonyl (C=O) groups is 3. The Kier molecular flexibility index (Phi) is 5.51. The number of ether oxygens (including phenoxy) is 1. The second-order valence-corrected chi connectivity index (χ2v) is 6.96. The van der Waals surface area contributed by atoms with Crippen molar-refractivity contribution < 1.29 is 19.1 Å². The van der Waals surface area contributed by atoms with Crippen LogP contribution in [0.4, 0.5) is 11.4 Å². The lowest BCUT2D eigenvalue weighted by Gasteiger charge is -2.17. The van der Waals surface area contributed by atoms with Gasteiger partial charge in [-0.1, -0.05) is 35.9 Å². The fourth-order valence-corrected chi connectivity index (χ4v) is 3.01. The topological polar surface area (TPSA) is 75.7 Å². The minimum atomic E-state index is -0.598. The minimum absolute atomic E-state index is 0.0377. The summed E-state index contributed by atoms with van der Waals surface area (Å²) in [6.07, 6.45) is -0.252. The van der Waals surface area contributed by atoms with Crippen LogP contribution in [0, 0.1) is 6.92 Å². The molecule has 0 unspecified atom stereocenters. The normalized spacial score (nSPS) is 14.1. The molecule has 0 radical (unpaired) electrons. The average Bonchev–Trinajstić information content (AvgIpc) is 2.86. The molecule has 2 amide bonds. The van der Waals surface area contributed by atoms with Gasteiger partial charge in [-0.3, -0.25) is 9.59 Å². The second kappa shape index (κ2) is 7.86. The van der Waals surface area contributed by atoms with E-state index in [4.69, 9.17) is 16.3 Å². The Labute approximate surface area is 167 Å². The number of halogens is 1. The molecule has 1 heterocycles. The Morgan fingerprint density at radius 3 is 2.46 bits per heavy atom. The van der Waals surface area contributed by atoms with E-state index in [-0.39, 0.29) is 16.8 Å². The minimum Gasteiger partial charge on any atom is -0.459 e. The first-order valence-corrected chi connectivity index (χ1v) is 9.09. The van der Waals surface area contributed by atoms with E-state index in [1.165, 1.54) is 6.07 Å². The molecule has 1 aliphatic rings. The molecule has 28 heavy (non-hydrogen) atoms. The van der Waals surface area contributed by atoms with E-state index >= 15 is 0 Å². The number of anilines is 2. The Morgan fingerprint density at radius 1 is 1.07 bits per heavy atom. The van der Waals surface area contributed by atoms with E-state index in [0.717, 1.165) is 10.5 Å². The third kappa shape index (κ3) is 3.77. The summed E-state index contributed by atoms with van der Waals surface area (Å²) >= 11 is 6.16. The third-order valence-electron chi connectivity index (χ3n) is 4.09. The molecule has 0 aliphatic carbocycles. The third-order valence-corrected chi connectivity index (χ3v) is 4.44. The van der Waals surface area contributed by atoms with Crippen molar-refractivity contribution in [2.75, 3.05) is 10.2 Å². The Bertz CT molecular complexity index is 997. The number of aryl methyl sites for hydroxylation is 1. The van der Waals surface area contributed by atoms with E-state index in [1.54, 1.807) is 57.2 Å². The molecule has 6 nitrogen and oxygen atoms in total. The van der Waals surface area contributed by atoms with Crippen molar-refractivity contribution in [3.8, 4) is 0 Å². The summed E-state index contributed by atoms with van der Waals surface area (Å²) in [6, 6.07) is 13.5. The molecule has 7 heteroatoms. The molecule has 0 saturated heterocycles. The maximum atomic E-state index is 12.9. The molecular formula is C21H19ClN2O4. The molecule has 1 aliphatic heterocycles. The van der Waals surface area contributed by atoms with Gasteiger partial charge in [0, 0.05) is 5.69 Å². The van der Waals surface area contributed by atoms with Gasteiger partial charge in [0.05, 0.1) is 17.4 Å². The molecule has 0 atom stereocenters. The number of nitrogens with zero attached hydrogens (tertiary/aromatic N) is 1. The van der Waals surface area contributed by atoms with Gasteiger partial charge in [-0.15, -0.1) is 0 Å². The van der Waals surface area contributed by atoms with Crippen LogP contribution in [0.2, 0.25) is 0 Å². The monoisotopic (exact) mass is 398 g/mol. The molecule has 2 aromatic rings. The lowest BCUT2D eigenvalue weighted by molar-refractivity contribution is -0.120. The zero-order chi connectivity index (χ0) is 20.4. The number of benzene rings is 2. The predicted molar refractivity (Wildman–Crippen MR) is 107 cm³/mol. The van der Waals surface area contributed by atoms with Crippen molar-refractivity contribution >= 4 is 40.8 Å². The number of carbonyl (C=O) groups excluding carboxylic acids is 3. The van der Waals surface area contributed by atoms with Crippen LogP contribution in [0.25, 0.3) is 0 Å². The standard InChI is InChI=1S/C21H19ClN2O4/c1-12(2)28-21(27)14-8-6-9-15(11-14)23-18-17(22)19(25)24(20(18)26)16-10-5-4-7-13(16)3/h4-12,23H,1-3H3. The Balaban J connectivity index is 1.87. The summed E-state index contributed by atoms with van der Waals surface area (Å²) in [7, 11) is 0. The summed E-state index contributed by atoms with van der Waals surface area (Å²) in [5.74, 6) is -1.63. The fraction of sp³-hybridized carbons (Fsp3) is 0.190. The lowest BCUT2D eigenvalue weighted by atomic mass is 10.2. The smallest absolute Gasteiger partial charge is 0.338 e. The van der Waals surface area contributed by atoms with E-state index < -0.39 is 17.8 Å². The van der Waals surface area contributed by atoms with Crippen LogP contribution >= 0.6 is 11.6 Å². The first-order valence-electron chi connectivity index (χ1n) is 8.72. The lowest BCUT2D eigenvalue weighted by Crippen LogP contribution is -2.32. The Hall–Kier alpha value is -3.12. The summed E-state index contributed by atoms with van der Waals surface area (Å²) in [5.41, 5.74) is 1.97. The number of nitrogens with one attached hydrogen (secondary N) is 1. The maximum Gasteiger partial charge on any atom is 0.338 e. The van der Waals surface area contributed by atoms with Gasteiger partial charge in [0.2, 0.25) is 0 Å². The van der Waals surface area contributed by atoms with Crippen molar-refractivity contribution in [1.29, 1.82) is 0 Å². The molecule has 3 rings (SSSR count). The zero-order valence-corrected chi connectivity index (χ0v) is 16.4. The molecule has 2 aromatic carbocycles. The second-order valence-electron chi connectivity index (χ2n) is 6.58. The van der Waals surface area contributed by atoms with Gasteiger partial charge in [-0.2, -0.15) is 0 Å². The SMILES string of the molecule is Cc1ccccc1N1C(=O)C(Cl)=C(Nc2cccc(C(=O)OC(C)C)c2)C1=O. The molecule has 0 spiro atoms. The zero-order valence-electron chi connectivity index (χ0n) is 15.7. The maximum absolute atomic E-state index is 12.9. The highest BCUT2D eigenvalue weighted by Gasteiger charge is 2.39. The summed E-state index contributed by atoms with van der Waals surface area (Å²) in [4.78, 5) is 38.5. The molecule has 0 saturated carbocycles. The van der Waals surface area contributed by atoms with Crippen molar-refractivity contribution in [3.63, 3.8) is 0 Å². The molecular weight excluding hydrogens is 380 g/mol. The van der Waals surface area contributed by atoms with E-state index in [2.05, 4.69) is 5.32 Å². The number of hydrogen-bond acceptors (Lipinski definition) is 5. The summed E-state index contributed by atoms with van der Waals surface area (Å²) < 4.78 is 5.17. The summed E-state index contributed by atoms with van der Waals surface area (Å²) in [5, 5.41) is 2.66. The first-order chi connectivity index (χ1) is 13.3. The van der Waals surface area contributed by atoms with Gasteiger partial charge >= 0.3 is 5.97 Å². The van der Waals surface area contributed by atoms with Crippen LogP contribution < -0.4 is 10.2 Å². The van der Waals surface area contributed by atoms with Crippen LogP contribution in [-0.4, -0.2) is 23.9 Å². The molecule has 144 valence electrons. The molecule has 0 aromatic heterocycles. The van der Waals surface area contributed by atoms with Crippen LogP contribution in [0.1, 0.15) is 29.8 Å². The van der Waals surface area contributed by atoms with Crippen molar-refractivity contribution in [1.82, 2.24) is 0 Å².